The first-order valence-corrected chi connectivity index (χ1v) is 10.1. The molecule has 1 aromatic rings. The number of amides is 1. The SMILES string of the molecule is Cc1c(C=C2SC(=S)N(C)C2=O)c(N2CC(C)OC(C)C2)n(C)c(=O)c1C#N. The zero-order valence-electron chi connectivity index (χ0n) is 16.5. The summed E-state index contributed by atoms with van der Waals surface area (Å²) in [5.41, 5.74) is 0.989. The van der Waals surface area contributed by atoms with Crippen LogP contribution in [0.1, 0.15) is 30.5 Å². The van der Waals surface area contributed by atoms with E-state index in [-0.39, 0.29) is 29.2 Å². The topological polar surface area (TPSA) is 78.6 Å². The summed E-state index contributed by atoms with van der Waals surface area (Å²) in [6.07, 6.45) is 1.74. The van der Waals surface area contributed by atoms with Crippen molar-refractivity contribution in [3.8, 4) is 6.07 Å². The van der Waals surface area contributed by atoms with Gasteiger partial charge in [0.25, 0.3) is 11.5 Å². The van der Waals surface area contributed by atoms with E-state index in [1.807, 2.05) is 19.9 Å². The Morgan fingerprint density at radius 2 is 1.86 bits per heavy atom. The second kappa shape index (κ2) is 7.70. The highest BCUT2D eigenvalue weighted by Crippen LogP contribution is 2.35. The van der Waals surface area contributed by atoms with Crippen LogP contribution in [0.2, 0.25) is 0 Å². The van der Waals surface area contributed by atoms with E-state index in [9.17, 15) is 14.9 Å². The van der Waals surface area contributed by atoms with Crippen LogP contribution in [0.15, 0.2) is 9.70 Å². The van der Waals surface area contributed by atoms with Crippen LogP contribution in [0.4, 0.5) is 5.82 Å². The first-order chi connectivity index (χ1) is 13.1. The maximum atomic E-state index is 12.8. The summed E-state index contributed by atoms with van der Waals surface area (Å²) < 4.78 is 7.80. The largest absolute Gasteiger partial charge is 0.372 e. The Bertz CT molecular complexity index is 982. The van der Waals surface area contributed by atoms with Crippen molar-refractivity contribution in [2.45, 2.75) is 33.0 Å². The van der Waals surface area contributed by atoms with Gasteiger partial charge < -0.3 is 9.64 Å². The fourth-order valence-corrected chi connectivity index (χ4v) is 4.78. The average Bonchev–Trinajstić information content (AvgIpc) is 2.86. The van der Waals surface area contributed by atoms with Gasteiger partial charge in [0.2, 0.25) is 0 Å². The molecule has 0 spiro atoms. The van der Waals surface area contributed by atoms with Crippen molar-refractivity contribution in [1.29, 1.82) is 5.26 Å². The summed E-state index contributed by atoms with van der Waals surface area (Å²) >= 11 is 6.44. The van der Waals surface area contributed by atoms with E-state index in [2.05, 4.69) is 4.90 Å². The van der Waals surface area contributed by atoms with Crippen LogP contribution in [-0.2, 0) is 16.6 Å². The molecule has 9 heteroatoms. The molecule has 28 heavy (non-hydrogen) atoms. The van der Waals surface area contributed by atoms with Crippen molar-refractivity contribution >= 4 is 46.1 Å². The van der Waals surface area contributed by atoms with Crippen LogP contribution >= 0.6 is 24.0 Å². The number of carbonyl (C=O) groups is 1. The third-order valence-corrected chi connectivity index (χ3v) is 6.43. The highest BCUT2D eigenvalue weighted by molar-refractivity contribution is 8.26. The number of anilines is 1. The maximum absolute atomic E-state index is 12.8. The average molecular weight is 419 g/mol. The summed E-state index contributed by atoms with van der Waals surface area (Å²) in [6, 6.07) is 2.01. The minimum Gasteiger partial charge on any atom is -0.372 e. The lowest BCUT2D eigenvalue weighted by atomic mass is 10.0. The molecule has 3 rings (SSSR count). The first-order valence-electron chi connectivity index (χ1n) is 8.91. The molecule has 0 radical (unpaired) electrons. The number of hydrogen-bond acceptors (Lipinski definition) is 7. The Morgan fingerprint density at radius 1 is 1.25 bits per heavy atom. The Morgan fingerprint density at radius 3 is 2.36 bits per heavy atom. The highest BCUT2D eigenvalue weighted by atomic mass is 32.2. The zero-order chi connectivity index (χ0) is 20.7. The number of aromatic nitrogens is 1. The Kier molecular flexibility index (Phi) is 5.66. The van der Waals surface area contributed by atoms with Crippen molar-refractivity contribution in [1.82, 2.24) is 9.47 Å². The molecule has 1 aromatic heterocycles. The number of carbonyl (C=O) groups excluding carboxylic acids is 1. The van der Waals surface area contributed by atoms with E-state index in [0.717, 1.165) is 0 Å². The number of ether oxygens (including phenoxy) is 1. The minimum absolute atomic E-state index is 0.00324. The lowest BCUT2D eigenvalue weighted by Crippen LogP contribution is -2.47. The number of hydrogen-bond donors (Lipinski definition) is 0. The predicted molar refractivity (Wildman–Crippen MR) is 114 cm³/mol. The number of nitriles is 1. The standard InChI is InChI=1S/C19H22N4O3S2/c1-10-8-23(9-11(2)26-10)16-13(6-15-18(25)22(5)19(27)28-15)12(3)14(7-20)17(24)21(16)4/h6,10-11H,8-9H2,1-5H3. The van der Waals surface area contributed by atoms with Crippen molar-refractivity contribution < 1.29 is 9.53 Å². The number of nitrogens with zero attached hydrogens (tertiary/aromatic N) is 4. The van der Waals surface area contributed by atoms with E-state index in [0.29, 0.717) is 39.3 Å². The van der Waals surface area contributed by atoms with E-state index in [1.54, 1.807) is 27.1 Å². The molecular weight excluding hydrogens is 396 g/mol. The summed E-state index contributed by atoms with van der Waals surface area (Å²) in [6.45, 7) is 6.94. The van der Waals surface area contributed by atoms with Gasteiger partial charge in [0.15, 0.2) is 0 Å². The maximum Gasteiger partial charge on any atom is 0.270 e. The van der Waals surface area contributed by atoms with Crippen LogP contribution in [0.3, 0.4) is 0 Å². The van der Waals surface area contributed by atoms with E-state index < -0.39 is 0 Å². The van der Waals surface area contributed by atoms with Crippen molar-refractivity contribution in [3.05, 3.63) is 31.9 Å². The highest BCUT2D eigenvalue weighted by Gasteiger charge is 2.32. The zero-order valence-corrected chi connectivity index (χ0v) is 18.1. The van der Waals surface area contributed by atoms with Gasteiger partial charge in [-0.3, -0.25) is 19.1 Å². The third-order valence-electron chi connectivity index (χ3n) is 4.95. The molecule has 0 saturated carbocycles. The summed E-state index contributed by atoms with van der Waals surface area (Å²) in [5.74, 6) is 0.501. The van der Waals surface area contributed by atoms with Crippen LogP contribution in [-0.4, -0.2) is 52.0 Å². The molecule has 0 aromatic carbocycles. The Labute approximate surface area is 173 Å². The number of morpholine rings is 1. The van der Waals surface area contributed by atoms with Crippen molar-refractivity contribution in [3.63, 3.8) is 0 Å². The molecular formula is C19H22N4O3S2. The number of pyridine rings is 1. The van der Waals surface area contributed by atoms with E-state index >= 15 is 0 Å². The lowest BCUT2D eigenvalue weighted by Gasteiger charge is -2.38. The molecule has 0 N–H and O–H groups in total. The molecule has 3 heterocycles. The molecule has 2 aliphatic rings. The van der Waals surface area contributed by atoms with E-state index in [1.165, 1.54) is 21.2 Å². The third kappa shape index (κ3) is 3.48. The van der Waals surface area contributed by atoms with Gasteiger partial charge in [0.05, 0.1) is 17.1 Å². The van der Waals surface area contributed by atoms with E-state index in [4.69, 9.17) is 17.0 Å². The molecule has 7 nitrogen and oxygen atoms in total. The molecule has 1 amide bonds. The van der Waals surface area contributed by atoms with Crippen molar-refractivity contribution in [2.24, 2.45) is 7.05 Å². The van der Waals surface area contributed by atoms with Gasteiger partial charge in [0.1, 0.15) is 21.8 Å². The van der Waals surface area contributed by atoms with Crippen LogP contribution < -0.4 is 10.5 Å². The molecule has 2 saturated heterocycles. The monoisotopic (exact) mass is 418 g/mol. The van der Waals surface area contributed by atoms with Gasteiger partial charge in [0, 0.05) is 32.7 Å². The molecule has 148 valence electrons. The molecule has 2 atom stereocenters. The summed E-state index contributed by atoms with van der Waals surface area (Å²) in [4.78, 5) is 29.3. The number of rotatable bonds is 2. The van der Waals surface area contributed by atoms with Gasteiger partial charge in [-0.05, 0) is 32.4 Å². The number of thiocarbonyl (C=S) groups is 1. The van der Waals surface area contributed by atoms with Gasteiger partial charge >= 0.3 is 0 Å². The van der Waals surface area contributed by atoms with Crippen LogP contribution in [0, 0.1) is 18.3 Å². The summed E-state index contributed by atoms with van der Waals surface area (Å²) in [5, 5.41) is 9.51. The first kappa shape index (κ1) is 20.6. The molecule has 0 aliphatic carbocycles. The quantitative estimate of drug-likeness (QED) is 0.537. The van der Waals surface area contributed by atoms with Crippen molar-refractivity contribution in [2.75, 3.05) is 25.0 Å². The minimum atomic E-state index is -0.345. The Hall–Kier alpha value is -2.15. The fourth-order valence-electron chi connectivity index (χ4n) is 3.62. The smallest absolute Gasteiger partial charge is 0.270 e. The predicted octanol–water partition coefficient (Wildman–Crippen LogP) is 2.01. The van der Waals surface area contributed by atoms with Crippen LogP contribution in [0.5, 0.6) is 0 Å². The van der Waals surface area contributed by atoms with Gasteiger partial charge in [-0.15, -0.1) is 0 Å². The molecule has 0 bridgehead atoms. The second-order valence-electron chi connectivity index (χ2n) is 7.12. The summed E-state index contributed by atoms with van der Waals surface area (Å²) in [7, 11) is 3.30. The second-order valence-corrected chi connectivity index (χ2v) is 8.79. The molecule has 2 unspecified atom stereocenters. The Balaban J connectivity index is 2.24. The van der Waals surface area contributed by atoms with Gasteiger partial charge in [-0.1, -0.05) is 24.0 Å². The number of thioether (sulfide) groups is 1. The molecule has 2 fully saturated rings. The lowest BCUT2D eigenvalue weighted by molar-refractivity contribution is -0.121. The molecule has 2 aliphatic heterocycles. The fraction of sp³-hybridized carbons (Fsp3) is 0.474. The normalized spacial score (nSPS) is 24.2. The van der Waals surface area contributed by atoms with Gasteiger partial charge in [-0.25, -0.2) is 0 Å². The van der Waals surface area contributed by atoms with Gasteiger partial charge in [-0.2, -0.15) is 5.26 Å². The van der Waals surface area contributed by atoms with Crippen LogP contribution in [0.25, 0.3) is 6.08 Å². The number of likely N-dealkylation sites (N-methyl/N-ethyl adjacent to an activating group) is 1.